The van der Waals surface area contributed by atoms with Gasteiger partial charge in [-0.15, -0.1) is 10.2 Å². The molecule has 0 aromatic carbocycles. The summed E-state index contributed by atoms with van der Waals surface area (Å²) < 4.78 is 37.1. The summed E-state index contributed by atoms with van der Waals surface area (Å²) in [6.07, 6.45) is -4.09. The highest BCUT2D eigenvalue weighted by Gasteiger charge is 2.43. The van der Waals surface area contributed by atoms with Crippen molar-refractivity contribution in [3.63, 3.8) is 0 Å². The molecule has 0 aliphatic carbocycles. The van der Waals surface area contributed by atoms with Crippen molar-refractivity contribution in [3.05, 3.63) is 5.01 Å². The third kappa shape index (κ3) is 2.84. The summed E-state index contributed by atoms with van der Waals surface area (Å²) in [5.74, 6) is 0.651. The molecule has 3 rings (SSSR count). The summed E-state index contributed by atoms with van der Waals surface area (Å²) in [5.41, 5.74) is 0. The third-order valence-electron chi connectivity index (χ3n) is 3.75. The van der Waals surface area contributed by atoms with Gasteiger partial charge in [-0.25, -0.2) is 0 Å². The number of hydrogen-bond donors (Lipinski definition) is 0. The van der Waals surface area contributed by atoms with E-state index in [0.717, 1.165) is 23.2 Å². The van der Waals surface area contributed by atoms with Crippen molar-refractivity contribution in [1.29, 1.82) is 0 Å². The van der Waals surface area contributed by atoms with Gasteiger partial charge in [-0.3, -0.25) is 4.90 Å². The van der Waals surface area contributed by atoms with Crippen LogP contribution in [0.4, 0.5) is 18.3 Å². The molecule has 8 heteroatoms. The maximum atomic E-state index is 12.4. The number of alkyl halides is 3. The van der Waals surface area contributed by atoms with Crippen LogP contribution < -0.4 is 4.90 Å². The predicted octanol–water partition coefficient (Wildman–Crippen LogP) is 1.78. The number of aromatic nitrogens is 2. The van der Waals surface area contributed by atoms with Crippen molar-refractivity contribution >= 4 is 16.5 Å². The second-order valence-corrected chi connectivity index (χ2v) is 6.50. The van der Waals surface area contributed by atoms with E-state index in [1.165, 1.54) is 4.90 Å². The molecule has 1 aromatic rings. The van der Waals surface area contributed by atoms with Crippen LogP contribution >= 0.6 is 11.3 Å². The lowest BCUT2D eigenvalue weighted by Crippen LogP contribution is -2.35. The number of hydrogen-bond acceptors (Lipinski definition) is 5. The number of rotatable bonds is 2. The van der Waals surface area contributed by atoms with Gasteiger partial charge in [0.25, 0.3) is 0 Å². The maximum Gasteiger partial charge on any atom is 0.401 e. The van der Waals surface area contributed by atoms with Crippen molar-refractivity contribution in [2.24, 2.45) is 11.8 Å². The van der Waals surface area contributed by atoms with Crippen LogP contribution in [0.1, 0.15) is 5.01 Å². The van der Waals surface area contributed by atoms with Crippen molar-refractivity contribution in [2.75, 3.05) is 37.6 Å². The number of fused-ring (bicyclic) bond motifs is 1. The van der Waals surface area contributed by atoms with Crippen LogP contribution in [0.5, 0.6) is 0 Å². The molecule has 0 N–H and O–H groups in total. The van der Waals surface area contributed by atoms with Gasteiger partial charge in [0.1, 0.15) is 5.01 Å². The zero-order valence-electron chi connectivity index (χ0n) is 10.5. The number of nitrogens with zero attached hydrogens (tertiary/aromatic N) is 4. The van der Waals surface area contributed by atoms with E-state index in [2.05, 4.69) is 15.1 Å². The van der Waals surface area contributed by atoms with Gasteiger partial charge in [-0.2, -0.15) is 13.2 Å². The highest BCUT2D eigenvalue weighted by molar-refractivity contribution is 7.15. The second kappa shape index (κ2) is 4.59. The zero-order valence-corrected chi connectivity index (χ0v) is 11.3. The summed E-state index contributed by atoms with van der Waals surface area (Å²) in [6.45, 7) is 3.80. The van der Waals surface area contributed by atoms with E-state index in [1.54, 1.807) is 11.3 Å². The summed E-state index contributed by atoms with van der Waals surface area (Å²) in [6, 6.07) is 0. The fourth-order valence-corrected chi connectivity index (χ4v) is 3.75. The minimum absolute atomic E-state index is 0.326. The molecule has 4 nitrogen and oxygen atoms in total. The van der Waals surface area contributed by atoms with E-state index in [1.807, 2.05) is 6.92 Å². The van der Waals surface area contributed by atoms with Crippen molar-refractivity contribution in [3.8, 4) is 0 Å². The van der Waals surface area contributed by atoms with Crippen LogP contribution in [0.2, 0.25) is 0 Å². The minimum Gasteiger partial charge on any atom is -0.346 e. The number of likely N-dealkylation sites (tertiary alicyclic amines) is 1. The summed E-state index contributed by atoms with van der Waals surface area (Å²) in [5, 5.41) is 9.91. The molecular formula is C11H15F3N4S. The van der Waals surface area contributed by atoms with Crippen molar-refractivity contribution in [1.82, 2.24) is 15.1 Å². The van der Waals surface area contributed by atoms with Crippen LogP contribution in [0.25, 0.3) is 0 Å². The van der Waals surface area contributed by atoms with Crippen LogP contribution in [0.3, 0.4) is 0 Å². The van der Waals surface area contributed by atoms with Gasteiger partial charge in [0.15, 0.2) is 0 Å². The van der Waals surface area contributed by atoms with Gasteiger partial charge < -0.3 is 4.90 Å². The molecule has 2 aliphatic rings. The van der Waals surface area contributed by atoms with Crippen LogP contribution in [0.15, 0.2) is 0 Å². The van der Waals surface area contributed by atoms with Crippen molar-refractivity contribution < 1.29 is 13.2 Å². The molecule has 19 heavy (non-hydrogen) atoms. The van der Waals surface area contributed by atoms with E-state index >= 15 is 0 Å². The SMILES string of the molecule is Cc1nnc(N2CC3CN(CC(F)(F)F)CC3C2)s1. The summed E-state index contributed by atoms with van der Waals surface area (Å²) >= 11 is 1.54. The summed E-state index contributed by atoms with van der Waals surface area (Å²) in [4.78, 5) is 3.68. The Morgan fingerprint density at radius 1 is 1.16 bits per heavy atom. The Kier molecular flexibility index (Phi) is 3.17. The molecule has 0 amide bonds. The number of aryl methyl sites for hydroxylation is 1. The molecule has 3 heterocycles. The highest BCUT2D eigenvalue weighted by atomic mass is 32.1. The van der Waals surface area contributed by atoms with Gasteiger partial charge >= 0.3 is 6.18 Å². The first-order chi connectivity index (χ1) is 8.90. The Morgan fingerprint density at radius 3 is 2.26 bits per heavy atom. The Bertz CT molecular complexity index is 447. The quantitative estimate of drug-likeness (QED) is 0.832. The zero-order chi connectivity index (χ0) is 13.6. The molecule has 0 spiro atoms. The standard InChI is InChI=1S/C11H15F3N4S/c1-7-15-16-10(19-7)18-4-8-2-17(3-9(8)5-18)6-11(12,13)14/h8-9H,2-6H2,1H3. The molecule has 2 fully saturated rings. The largest absolute Gasteiger partial charge is 0.401 e. The lowest BCUT2D eigenvalue weighted by atomic mass is 10.0. The number of halogens is 3. The van der Waals surface area contributed by atoms with Gasteiger partial charge in [0.05, 0.1) is 6.54 Å². The molecule has 0 bridgehead atoms. The highest BCUT2D eigenvalue weighted by Crippen LogP contribution is 2.35. The lowest BCUT2D eigenvalue weighted by molar-refractivity contribution is -0.144. The lowest BCUT2D eigenvalue weighted by Gasteiger charge is -2.21. The smallest absolute Gasteiger partial charge is 0.346 e. The Morgan fingerprint density at radius 2 is 1.79 bits per heavy atom. The normalized spacial score (nSPS) is 28.1. The molecule has 2 saturated heterocycles. The van der Waals surface area contributed by atoms with E-state index in [0.29, 0.717) is 24.9 Å². The molecular weight excluding hydrogens is 277 g/mol. The summed E-state index contributed by atoms with van der Waals surface area (Å²) in [7, 11) is 0. The average Bonchev–Trinajstić information content (AvgIpc) is 2.88. The topological polar surface area (TPSA) is 32.3 Å². The first-order valence-electron chi connectivity index (χ1n) is 6.25. The van der Waals surface area contributed by atoms with Crippen molar-refractivity contribution in [2.45, 2.75) is 13.1 Å². The molecule has 1 aromatic heterocycles. The average molecular weight is 292 g/mol. The first-order valence-corrected chi connectivity index (χ1v) is 7.06. The van der Waals surface area contributed by atoms with Gasteiger partial charge in [0, 0.05) is 26.2 Å². The van der Waals surface area contributed by atoms with Gasteiger partial charge in [-0.1, -0.05) is 11.3 Å². The number of anilines is 1. The fraction of sp³-hybridized carbons (Fsp3) is 0.818. The predicted molar refractivity (Wildman–Crippen MR) is 66.3 cm³/mol. The van der Waals surface area contributed by atoms with E-state index < -0.39 is 12.7 Å². The van der Waals surface area contributed by atoms with Crippen LogP contribution in [-0.4, -0.2) is 54.0 Å². The maximum absolute atomic E-state index is 12.4. The monoisotopic (exact) mass is 292 g/mol. The molecule has 0 radical (unpaired) electrons. The molecule has 106 valence electrons. The van der Waals surface area contributed by atoms with Crippen LogP contribution in [0, 0.1) is 18.8 Å². The molecule has 2 aliphatic heterocycles. The first kappa shape index (κ1) is 13.1. The molecule has 2 atom stereocenters. The van der Waals surface area contributed by atoms with Gasteiger partial charge in [-0.05, 0) is 18.8 Å². The fourth-order valence-electron chi connectivity index (χ4n) is 3.04. The third-order valence-corrected chi connectivity index (χ3v) is 4.65. The second-order valence-electron chi connectivity index (χ2n) is 5.34. The van der Waals surface area contributed by atoms with E-state index in [9.17, 15) is 13.2 Å². The Hall–Kier alpha value is -0.890. The Labute approximate surface area is 113 Å². The van der Waals surface area contributed by atoms with Crippen LogP contribution in [-0.2, 0) is 0 Å². The molecule has 0 saturated carbocycles. The van der Waals surface area contributed by atoms with E-state index in [4.69, 9.17) is 0 Å². The van der Waals surface area contributed by atoms with E-state index in [-0.39, 0.29) is 0 Å². The molecule has 2 unspecified atom stereocenters. The van der Waals surface area contributed by atoms with Gasteiger partial charge in [0.2, 0.25) is 5.13 Å². The Balaban J connectivity index is 1.59. The minimum atomic E-state index is -4.09.